The van der Waals surface area contributed by atoms with Gasteiger partial charge in [0.15, 0.2) is 6.17 Å². The monoisotopic (exact) mass is 517 g/mol. The second-order valence-corrected chi connectivity index (χ2v) is 9.01. The van der Waals surface area contributed by atoms with Gasteiger partial charge in [-0.3, -0.25) is 4.79 Å². The summed E-state index contributed by atoms with van der Waals surface area (Å²) < 4.78 is 18.7. The van der Waals surface area contributed by atoms with Crippen LogP contribution in [-0.2, 0) is 20.8 Å². The van der Waals surface area contributed by atoms with Crippen molar-refractivity contribution < 1.29 is 34.1 Å². The molecule has 1 aromatic heterocycles. The van der Waals surface area contributed by atoms with E-state index in [1.54, 1.807) is 6.08 Å². The van der Waals surface area contributed by atoms with Gasteiger partial charge < -0.3 is 30.4 Å². The number of hydrogen-bond acceptors (Lipinski definition) is 7. The lowest BCUT2D eigenvalue weighted by Gasteiger charge is -2.37. The number of alkyl halides is 1. The van der Waals surface area contributed by atoms with E-state index in [9.17, 15) is 19.4 Å². The molecular formula is C27H36FN3O6. The molecule has 37 heavy (non-hydrogen) atoms. The zero-order valence-electron chi connectivity index (χ0n) is 21.1. The molecule has 2 unspecified atom stereocenters. The Labute approximate surface area is 215 Å². The molecule has 10 heteroatoms. The molecule has 0 radical (unpaired) electrons. The minimum absolute atomic E-state index is 0.530. The molecule has 3 rings (SSSR count). The standard InChI is InChI=1S/C27H36FN3O6/c1-17(8-5-6-14-29-15-13-19-18(2)30-21-11-4-3-10-20(19)21)9-7-12-23(33)31-37-27-26(35)25(34)24(28)22(16-32)36-27/h3-8,10-12,22,24-27,29-30,32,34-35H,9,13-16H2,1-2H3,(H,31,33)/b6-5+,12-7+,17-8+/t22?,24-,25-,26+,27?/m0/s1. The smallest absolute Gasteiger partial charge is 0.267 e. The number of rotatable bonds is 12. The molecule has 1 aliphatic rings. The highest BCUT2D eigenvalue weighted by atomic mass is 19.1. The molecule has 1 saturated heterocycles. The summed E-state index contributed by atoms with van der Waals surface area (Å²) in [6.45, 7) is 4.94. The number of aromatic nitrogens is 1. The molecule has 2 heterocycles. The van der Waals surface area contributed by atoms with Crippen molar-refractivity contribution in [2.75, 3.05) is 19.7 Å². The van der Waals surface area contributed by atoms with Crippen molar-refractivity contribution in [1.82, 2.24) is 15.8 Å². The van der Waals surface area contributed by atoms with Crippen LogP contribution in [-0.4, -0.2) is 76.7 Å². The first-order valence-corrected chi connectivity index (χ1v) is 12.3. The van der Waals surface area contributed by atoms with Crippen molar-refractivity contribution in [2.45, 2.75) is 57.5 Å². The number of hydroxylamine groups is 1. The number of H-pyrrole nitrogens is 1. The Bertz CT molecular complexity index is 1110. The summed E-state index contributed by atoms with van der Waals surface area (Å²) >= 11 is 0. The fourth-order valence-corrected chi connectivity index (χ4v) is 4.06. The number of carbonyl (C=O) groups is 1. The van der Waals surface area contributed by atoms with Gasteiger partial charge in [-0.05, 0) is 44.9 Å². The molecule has 1 aliphatic heterocycles. The number of amides is 1. The summed E-state index contributed by atoms with van der Waals surface area (Å²) in [5.41, 5.74) is 6.80. The van der Waals surface area contributed by atoms with Crippen LogP contribution >= 0.6 is 0 Å². The van der Waals surface area contributed by atoms with E-state index in [1.165, 1.54) is 28.2 Å². The number of carbonyl (C=O) groups excluding carboxylic acids is 1. The lowest BCUT2D eigenvalue weighted by molar-refractivity contribution is -0.303. The Hall–Kier alpha value is -2.86. The average Bonchev–Trinajstić information content (AvgIpc) is 3.21. The molecule has 1 aromatic carbocycles. The first kappa shape index (κ1) is 28.7. The van der Waals surface area contributed by atoms with Crippen molar-refractivity contribution in [3.63, 3.8) is 0 Å². The van der Waals surface area contributed by atoms with E-state index in [1.807, 2.05) is 31.2 Å². The highest BCUT2D eigenvalue weighted by Crippen LogP contribution is 2.24. The number of aromatic amines is 1. The van der Waals surface area contributed by atoms with Crippen molar-refractivity contribution in [2.24, 2.45) is 0 Å². The summed E-state index contributed by atoms with van der Waals surface area (Å²) in [6.07, 6.45) is 1.95. The average molecular weight is 518 g/mol. The van der Waals surface area contributed by atoms with Crippen LogP contribution < -0.4 is 10.8 Å². The molecule has 1 fully saturated rings. The van der Waals surface area contributed by atoms with E-state index in [-0.39, 0.29) is 0 Å². The van der Waals surface area contributed by atoms with Crippen LogP contribution in [0.15, 0.2) is 60.2 Å². The van der Waals surface area contributed by atoms with E-state index >= 15 is 0 Å². The molecule has 0 aliphatic carbocycles. The van der Waals surface area contributed by atoms with Crippen molar-refractivity contribution in [3.05, 3.63) is 71.5 Å². The van der Waals surface area contributed by atoms with Crippen LogP contribution in [0.4, 0.5) is 4.39 Å². The van der Waals surface area contributed by atoms with Crippen LogP contribution in [0.25, 0.3) is 10.9 Å². The minimum Gasteiger partial charge on any atom is -0.394 e. The third-order valence-electron chi connectivity index (χ3n) is 6.14. The number of hydrogen-bond donors (Lipinski definition) is 6. The number of nitrogens with one attached hydrogen (secondary N) is 3. The van der Waals surface area contributed by atoms with Gasteiger partial charge in [0.1, 0.15) is 18.3 Å². The summed E-state index contributed by atoms with van der Waals surface area (Å²) in [5.74, 6) is -0.619. The van der Waals surface area contributed by atoms with Crippen molar-refractivity contribution >= 4 is 16.8 Å². The minimum atomic E-state index is -1.97. The van der Waals surface area contributed by atoms with Gasteiger partial charge in [0.05, 0.1) is 6.61 Å². The Morgan fingerprint density at radius 3 is 2.81 bits per heavy atom. The lowest BCUT2D eigenvalue weighted by atomic mass is 10.0. The number of halogens is 1. The fourth-order valence-electron chi connectivity index (χ4n) is 4.06. The first-order valence-electron chi connectivity index (χ1n) is 12.3. The van der Waals surface area contributed by atoms with E-state index in [0.717, 1.165) is 25.1 Å². The van der Waals surface area contributed by atoms with Gasteiger partial charge in [-0.2, -0.15) is 0 Å². The van der Waals surface area contributed by atoms with E-state index < -0.39 is 43.3 Å². The second kappa shape index (κ2) is 14.2. The number of ether oxygens (including phenoxy) is 1. The largest absolute Gasteiger partial charge is 0.394 e. The molecule has 1 amide bonds. The SMILES string of the molecule is C/C(=C\C=C\CNCCc1c(C)[nH]c2ccccc12)C/C=C/C(=O)NOC1OC(CO)[C@H](F)[C@H](O)[C@H]1O. The molecule has 202 valence electrons. The highest BCUT2D eigenvalue weighted by molar-refractivity contribution is 5.86. The number of fused-ring (bicyclic) bond motifs is 1. The van der Waals surface area contributed by atoms with Crippen LogP contribution in [0.3, 0.4) is 0 Å². The van der Waals surface area contributed by atoms with E-state index in [0.29, 0.717) is 6.42 Å². The predicted octanol–water partition coefficient (Wildman–Crippen LogP) is 1.88. The normalized spacial score (nSPS) is 24.9. The third kappa shape index (κ3) is 8.06. The highest BCUT2D eigenvalue weighted by Gasteiger charge is 2.45. The zero-order valence-corrected chi connectivity index (χ0v) is 21.1. The molecule has 0 saturated carbocycles. The quantitative estimate of drug-likeness (QED) is 0.110. The van der Waals surface area contributed by atoms with E-state index in [4.69, 9.17) is 14.7 Å². The van der Waals surface area contributed by atoms with Crippen LogP contribution in [0.2, 0.25) is 0 Å². The third-order valence-corrected chi connectivity index (χ3v) is 6.14. The predicted molar refractivity (Wildman–Crippen MR) is 138 cm³/mol. The maximum absolute atomic E-state index is 13.7. The van der Waals surface area contributed by atoms with Crippen LogP contribution in [0, 0.1) is 6.92 Å². The summed E-state index contributed by atoms with van der Waals surface area (Å²) in [7, 11) is 0. The van der Waals surface area contributed by atoms with E-state index in [2.05, 4.69) is 40.9 Å². The lowest BCUT2D eigenvalue weighted by Crippen LogP contribution is -2.58. The number of aliphatic hydroxyl groups excluding tert-OH is 3. The molecule has 5 atom stereocenters. The Morgan fingerprint density at radius 2 is 2.03 bits per heavy atom. The molecule has 2 aromatic rings. The molecule has 9 nitrogen and oxygen atoms in total. The fraction of sp³-hybridized carbons (Fsp3) is 0.444. The summed E-state index contributed by atoms with van der Waals surface area (Å²) in [4.78, 5) is 20.3. The maximum atomic E-state index is 13.7. The Balaban J connectivity index is 1.32. The van der Waals surface area contributed by atoms with Gasteiger partial charge in [0.2, 0.25) is 6.29 Å². The van der Waals surface area contributed by atoms with Gasteiger partial charge >= 0.3 is 0 Å². The summed E-state index contributed by atoms with van der Waals surface area (Å²) in [5, 5.41) is 33.3. The molecule has 0 bridgehead atoms. The molecule has 6 N–H and O–H groups in total. The van der Waals surface area contributed by atoms with Gasteiger partial charge in [0, 0.05) is 29.2 Å². The molecule has 0 spiro atoms. The Morgan fingerprint density at radius 1 is 1.24 bits per heavy atom. The van der Waals surface area contributed by atoms with Crippen molar-refractivity contribution in [1.29, 1.82) is 0 Å². The topological polar surface area (TPSA) is 136 Å². The maximum Gasteiger partial charge on any atom is 0.267 e. The van der Waals surface area contributed by atoms with Crippen LogP contribution in [0.5, 0.6) is 0 Å². The zero-order chi connectivity index (χ0) is 26.8. The number of aliphatic hydroxyl groups is 3. The first-order chi connectivity index (χ1) is 17.8. The van der Waals surface area contributed by atoms with Gasteiger partial charge in [-0.15, -0.1) is 0 Å². The number of allylic oxidation sites excluding steroid dienone is 4. The number of aryl methyl sites for hydroxylation is 1. The van der Waals surface area contributed by atoms with Gasteiger partial charge in [-0.25, -0.2) is 14.7 Å². The van der Waals surface area contributed by atoms with Gasteiger partial charge in [0.25, 0.3) is 5.91 Å². The number of benzene rings is 1. The molecular weight excluding hydrogens is 481 g/mol. The van der Waals surface area contributed by atoms with Crippen molar-refractivity contribution in [3.8, 4) is 0 Å². The second-order valence-electron chi connectivity index (χ2n) is 9.01. The summed E-state index contributed by atoms with van der Waals surface area (Å²) in [6, 6.07) is 8.32. The van der Waals surface area contributed by atoms with Gasteiger partial charge in [-0.1, -0.05) is 48.1 Å². The van der Waals surface area contributed by atoms with Crippen LogP contribution in [0.1, 0.15) is 24.6 Å². The Kier molecular flexibility index (Phi) is 11.0. The number of para-hydroxylation sites is 1.